The van der Waals surface area contributed by atoms with Gasteiger partial charge in [0.1, 0.15) is 6.07 Å². The van der Waals surface area contributed by atoms with Gasteiger partial charge in [0.15, 0.2) is 0 Å². The van der Waals surface area contributed by atoms with E-state index in [2.05, 4.69) is 39.3 Å². The second-order valence-electron chi connectivity index (χ2n) is 7.29. The molecular weight excluding hydrogens is 320 g/mol. The van der Waals surface area contributed by atoms with Crippen molar-refractivity contribution in [2.75, 3.05) is 0 Å². The number of para-hydroxylation sites is 2. The summed E-state index contributed by atoms with van der Waals surface area (Å²) >= 11 is 0. The molecule has 4 heteroatoms. The zero-order valence-corrected chi connectivity index (χ0v) is 14.3. The number of aryl methyl sites for hydroxylation is 1. The van der Waals surface area contributed by atoms with E-state index in [1.807, 2.05) is 37.3 Å². The monoisotopic (exact) mass is 336 g/mol. The van der Waals surface area contributed by atoms with Crippen LogP contribution < -0.4 is 0 Å². The second kappa shape index (κ2) is 4.64. The Hall–Kier alpha value is -3.32. The van der Waals surface area contributed by atoms with Crippen molar-refractivity contribution in [3.8, 4) is 11.8 Å². The maximum atomic E-state index is 9.79. The Labute approximate surface area is 150 Å². The largest absolute Gasteiger partial charge is 0.280 e. The lowest BCUT2D eigenvalue weighted by molar-refractivity contribution is 0.888. The molecule has 0 spiro atoms. The van der Waals surface area contributed by atoms with Gasteiger partial charge in [-0.1, -0.05) is 30.3 Å². The minimum Gasteiger partial charge on any atom is -0.280 e. The van der Waals surface area contributed by atoms with Crippen molar-refractivity contribution in [2.24, 2.45) is 5.92 Å². The van der Waals surface area contributed by atoms with Gasteiger partial charge in [-0.25, -0.2) is 4.98 Å². The number of hydrogen-bond acceptors (Lipinski definition) is 2. The Morgan fingerprint density at radius 1 is 1.15 bits per heavy atom. The average Bonchev–Trinajstić information content (AvgIpc) is 3.25. The molecular formula is C22H16N4. The van der Waals surface area contributed by atoms with Gasteiger partial charge in [-0.2, -0.15) is 5.26 Å². The van der Waals surface area contributed by atoms with Crippen LogP contribution in [-0.4, -0.2) is 14.0 Å². The Bertz CT molecular complexity index is 1300. The Kier molecular flexibility index (Phi) is 2.49. The molecule has 1 fully saturated rings. The number of nitrogens with zero attached hydrogens (tertiary/aromatic N) is 4. The highest BCUT2D eigenvalue weighted by molar-refractivity contribution is 5.83. The van der Waals surface area contributed by atoms with E-state index < -0.39 is 0 Å². The highest BCUT2D eigenvalue weighted by Crippen LogP contribution is 2.54. The van der Waals surface area contributed by atoms with Crippen LogP contribution in [0.4, 0.5) is 0 Å². The SMILES string of the molecule is Cc1cccc(-n2c3c(n4c5ccccc5nc24)C=CC2CC32)c1C#N. The van der Waals surface area contributed by atoms with Gasteiger partial charge < -0.3 is 0 Å². The fraction of sp³-hybridized carbons (Fsp3) is 0.182. The summed E-state index contributed by atoms with van der Waals surface area (Å²) in [5.74, 6) is 2.06. The van der Waals surface area contributed by atoms with Crippen LogP contribution in [-0.2, 0) is 0 Å². The summed E-state index contributed by atoms with van der Waals surface area (Å²) in [5, 5.41) is 9.79. The quantitative estimate of drug-likeness (QED) is 0.510. The maximum Gasteiger partial charge on any atom is 0.220 e. The molecule has 2 aromatic heterocycles. The zero-order valence-electron chi connectivity index (χ0n) is 14.3. The standard InChI is InChI=1S/C22H16N4/c1-13-5-4-8-18(16(13)12-23)26-21-15-11-14(15)9-10-20(21)25-19-7-3-2-6-17(19)24-22(25)26/h2-10,14-15H,11H2,1H3. The van der Waals surface area contributed by atoms with Crippen molar-refractivity contribution in [1.29, 1.82) is 5.26 Å². The van der Waals surface area contributed by atoms with Gasteiger partial charge in [0.25, 0.3) is 0 Å². The van der Waals surface area contributed by atoms with Crippen molar-refractivity contribution in [2.45, 2.75) is 19.3 Å². The maximum absolute atomic E-state index is 9.79. The van der Waals surface area contributed by atoms with Crippen molar-refractivity contribution in [3.63, 3.8) is 0 Å². The molecule has 124 valence electrons. The summed E-state index contributed by atoms with van der Waals surface area (Å²) < 4.78 is 4.48. The summed E-state index contributed by atoms with van der Waals surface area (Å²) in [6.07, 6.45) is 5.75. The summed E-state index contributed by atoms with van der Waals surface area (Å²) in [4.78, 5) is 4.94. The van der Waals surface area contributed by atoms with E-state index in [4.69, 9.17) is 4.98 Å². The molecule has 2 atom stereocenters. The van der Waals surface area contributed by atoms with Crippen LogP contribution in [0, 0.1) is 24.2 Å². The fourth-order valence-electron chi connectivity index (χ4n) is 4.43. The van der Waals surface area contributed by atoms with E-state index in [1.54, 1.807) is 0 Å². The molecule has 2 unspecified atom stereocenters. The third-order valence-electron chi connectivity index (χ3n) is 5.78. The predicted octanol–water partition coefficient (Wildman–Crippen LogP) is 4.59. The molecule has 2 aliphatic carbocycles. The summed E-state index contributed by atoms with van der Waals surface area (Å²) in [5.41, 5.74) is 7.27. The molecule has 0 N–H and O–H groups in total. The van der Waals surface area contributed by atoms with Crippen LogP contribution in [0.25, 0.3) is 28.6 Å². The number of benzene rings is 2. The molecule has 2 heterocycles. The first-order chi connectivity index (χ1) is 12.8. The number of fused-ring (bicyclic) bond motifs is 7. The average molecular weight is 336 g/mol. The first-order valence-electron chi connectivity index (χ1n) is 8.98. The summed E-state index contributed by atoms with van der Waals surface area (Å²) in [6.45, 7) is 2.00. The zero-order chi connectivity index (χ0) is 17.4. The third-order valence-corrected chi connectivity index (χ3v) is 5.78. The van der Waals surface area contributed by atoms with Crippen LogP contribution >= 0.6 is 0 Å². The molecule has 0 amide bonds. The number of imidazole rings is 2. The summed E-state index contributed by atoms with van der Waals surface area (Å²) in [7, 11) is 0. The minimum atomic E-state index is 0.530. The van der Waals surface area contributed by atoms with Gasteiger partial charge in [0, 0.05) is 5.92 Å². The Balaban J connectivity index is 1.83. The van der Waals surface area contributed by atoms with Gasteiger partial charge >= 0.3 is 0 Å². The Morgan fingerprint density at radius 3 is 2.92 bits per heavy atom. The van der Waals surface area contributed by atoms with Crippen LogP contribution in [0.5, 0.6) is 0 Å². The third kappa shape index (κ3) is 1.60. The van der Waals surface area contributed by atoms with E-state index in [0.29, 0.717) is 11.8 Å². The molecule has 4 nitrogen and oxygen atoms in total. The second-order valence-corrected chi connectivity index (χ2v) is 7.29. The van der Waals surface area contributed by atoms with E-state index in [9.17, 15) is 5.26 Å². The van der Waals surface area contributed by atoms with Gasteiger partial charge in [-0.3, -0.25) is 8.97 Å². The van der Waals surface area contributed by atoms with Gasteiger partial charge in [0.05, 0.1) is 33.7 Å². The van der Waals surface area contributed by atoms with E-state index >= 15 is 0 Å². The van der Waals surface area contributed by atoms with Crippen molar-refractivity contribution in [3.05, 3.63) is 71.1 Å². The smallest absolute Gasteiger partial charge is 0.220 e. The van der Waals surface area contributed by atoms with Crippen molar-refractivity contribution in [1.82, 2.24) is 14.0 Å². The molecule has 4 aromatic rings. The van der Waals surface area contributed by atoms with Crippen LogP contribution in [0.1, 0.15) is 34.9 Å². The predicted molar refractivity (Wildman–Crippen MR) is 101 cm³/mol. The number of aromatic nitrogens is 3. The fourth-order valence-corrected chi connectivity index (χ4v) is 4.43. The van der Waals surface area contributed by atoms with E-state index in [1.165, 1.54) is 17.8 Å². The molecule has 0 saturated heterocycles. The molecule has 2 aliphatic rings. The molecule has 6 rings (SSSR count). The first kappa shape index (κ1) is 13.9. The highest BCUT2D eigenvalue weighted by Gasteiger charge is 2.44. The molecule has 0 radical (unpaired) electrons. The molecule has 1 saturated carbocycles. The van der Waals surface area contributed by atoms with Crippen LogP contribution in [0.15, 0.2) is 48.5 Å². The van der Waals surface area contributed by atoms with E-state index in [-0.39, 0.29) is 0 Å². The lowest BCUT2D eigenvalue weighted by Crippen LogP contribution is -2.05. The number of rotatable bonds is 1. The van der Waals surface area contributed by atoms with Crippen LogP contribution in [0.2, 0.25) is 0 Å². The Morgan fingerprint density at radius 2 is 2.04 bits per heavy atom. The number of allylic oxidation sites excluding steroid dienone is 1. The van der Waals surface area contributed by atoms with Gasteiger partial charge in [0.2, 0.25) is 5.78 Å². The minimum absolute atomic E-state index is 0.530. The van der Waals surface area contributed by atoms with Gasteiger partial charge in [-0.05, 0) is 49.1 Å². The normalized spacial score (nSPS) is 20.2. The number of nitriles is 1. The number of hydrogen-bond donors (Lipinski definition) is 0. The first-order valence-corrected chi connectivity index (χ1v) is 8.98. The van der Waals surface area contributed by atoms with Gasteiger partial charge in [-0.15, -0.1) is 0 Å². The molecule has 0 bridgehead atoms. The lowest BCUT2D eigenvalue weighted by Gasteiger charge is -2.14. The molecule has 2 aromatic carbocycles. The topological polar surface area (TPSA) is 46.0 Å². The highest BCUT2D eigenvalue weighted by atomic mass is 15.2. The van der Waals surface area contributed by atoms with E-state index in [0.717, 1.165) is 33.6 Å². The lowest BCUT2D eigenvalue weighted by atomic mass is 10.0. The van der Waals surface area contributed by atoms with Crippen LogP contribution in [0.3, 0.4) is 0 Å². The van der Waals surface area contributed by atoms with Crippen molar-refractivity contribution < 1.29 is 0 Å². The molecule has 0 aliphatic heterocycles. The summed E-state index contributed by atoms with van der Waals surface area (Å²) in [6, 6.07) is 16.7. The van der Waals surface area contributed by atoms with Crippen molar-refractivity contribution >= 4 is 22.9 Å². The molecule has 26 heavy (non-hydrogen) atoms.